The second-order valence-corrected chi connectivity index (χ2v) is 5.11. The van der Waals surface area contributed by atoms with Crippen molar-refractivity contribution in [1.82, 2.24) is 9.78 Å². The van der Waals surface area contributed by atoms with Gasteiger partial charge in [-0.2, -0.15) is 5.10 Å². The van der Waals surface area contributed by atoms with Gasteiger partial charge in [-0.1, -0.05) is 45.7 Å². The van der Waals surface area contributed by atoms with Crippen molar-refractivity contribution in [3.05, 3.63) is 51.2 Å². The maximum Gasteiger partial charge on any atom is 0.186 e. The van der Waals surface area contributed by atoms with E-state index in [1.54, 1.807) is 4.68 Å². The molecule has 0 saturated heterocycles. The summed E-state index contributed by atoms with van der Waals surface area (Å²) in [5.41, 5.74) is 1.43. The highest BCUT2D eigenvalue weighted by atomic mass is 79.9. The molecule has 18 heavy (non-hydrogen) atoms. The van der Waals surface area contributed by atoms with Crippen LogP contribution in [-0.2, 0) is 13.0 Å². The molecule has 0 saturated carbocycles. The number of hydrogen-bond acceptors (Lipinski definition) is 2. The molecular weight excluding hydrogens is 316 g/mol. The number of aryl methyl sites for hydroxylation is 1. The Labute approximate surface area is 119 Å². The third kappa shape index (κ3) is 2.65. The van der Waals surface area contributed by atoms with Crippen LogP contribution in [0, 0.1) is 0 Å². The molecular formula is C13H12BrClN2O. The van der Waals surface area contributed by atoms with E-state index in [0.717, 1.165) is 10.0 Å². The molecule has 0 fully saturated rings. The molecule has 0 N–H and O–H groups in total. The quantitative estimate of drug-likeness (QED) is 0.802. The van der Waals surface area contributed by atoms with Crippen molar-refractivity contribution < 1.29 is 4.79 Å². The second-order valence-electron chi connectivity index (χ2n) is 3.85. The number of carbonyl (C=O) groups excluding carboxylic acids is 1. The SMILES string of the molecule is CCn1ncc(Cl)c1C(=O)Cc1ccccc1Br. The van der Waals surface area contributed by atoms with Crippen molar-refractivity contribution in [2.45, 2.75) is 19.9 Å². The Hall–Kier alpha value is -1.13. The van der Waals surface area contributed by atoms with Crippen LogP contribution in [-0.4, -0.2) is 15.6 Å². The van der Waals surface area contributed by atoms with Crippen LogP contribution in [0.5, 0.6) is 0 Å². The number of Topliss-reactive ketones (excluding diaryl/α,β-unsaturated/α-hetero) is 1. The van der Waals surface area contributed by atoms with Gasteiger partial charge in [0, 0.05) is 17.4 Å². The maximum atomic E-state index is 12.3. The Morgan fingerprint density at radius 2 is 2.17 bits per heavy atom. The Kier molecular flexibility index (Phi) is 4.19. The monoisotopic (exact) mass is 326 g/mol. The van der Waals surface area contributed by atoms with Crippen LogP contribution in [0.2, 0.25) is 5.02 Å². The second kappa shape index (κ2) is 5.67. The van der Waals surface area contributed by atoms with Gasteiger partial charge in [0.1, 0.15) is 5.69 Å². The van der Waals surface area contributed by atoms with Gasteiger partial charge in [-0.15, -0.1) is 0 Å². The maximum absolute atomic E-state index is 12.3. The van der Waals surface area contributed by atoms with Crippen molar-refractivity contribution in [3.63, 3.8) is 0 Å². The third-order valence-electron chi connectivity index (χ3n) is 2.67. The lowest BCUT2D eigenvalue weighted by Gasteiger charge is -2.06. The Morgan fingerprint density at radius 1 is 1.44 bits per heavy atom. The summed E-state index contributed by atoms with van der Waals surface area (Å²) in [6, 6.07) is 7.66. The summed E-state index contributed by atoms with van der Waals surface area (Å²) in [5, 5.41) is 4.48. The highest BCUT2D eigenvalue weighted by Gasteiger charge is 2.17. The number of aromatic nitrogens is 2. The van der Waals surface area contributed by atoms with E-state index in [9.17, 15) is 4.79 Å². The lowest BCUT2D eigenvalue weighted by Crippen LogP contribution is -2.12. The smallest absolute Gasteiger partial charge is 0.186 e. The highest BCUT2D eigenvalue weighted by molar-refractivity contribution is 9.10. The van der Waals surface area contributed by atoms with Crippen molar-refractivity contribution in [1.29, 1.82) is 0 Å². The van der Waals surface area contributed by atoms with Gasteiger partial charge in [0.15, 0.2) is 5.78 Å². The zero-order chi connectivity index (χ0) is 13.1. The molecule has 1 aromatic heterocycles. The molecule has 0 unspecified atom stereocenters. The zero-order valence-corrected chi connectivity index (χ0v) is 12.2. The summed E-state index contributed by atoms with van der Waals surface area (Å²) in [5.74, 6) is -0.0220. The van der Waals surface area contributed by atoms with Crippen molar-refractivity contribution in [3.8, 4) is 0 Å². The summed E-state index contributed by atoms with van der Waals surface area (Å²) in [6.07, 6.45) is 1.82. The molecule has 0 spiro atoms. The number of halogens is 2. The molecule has 0 radical (unpaired) electrons. The van der Waals surface area contributed by atoms with Crippen LogP contribution < -0.4 is 0 Å². The summed E-state index contributed by atoms with van der Waals surface area (Å²) in [7, 11) is 0. The topological polar surface area (TPSA) is 34.9 Å². The van der Waals surface area contributed by atoms with E-state index in [0.29, 0.717) is 23.7 Å². The van der Waals surface area contributed by atoms with Gasteiger partial charge in [0.05, 0.1) is 11.2 Å². The lowest BCUT2D eigenvalue weighted by atomic mass is 10.1. The fraction of sp³-hybridized carbons (Fsp3) is 0.231. The predicted molar refractivity (Wildman–Crippen MR) is 75.1 cm³/mol. The van der Waals surface area contributed by atoms with Crippen LogP contribution in [0.15, 0.2) is 34.9 Å². The fourth-order valence-corrected chi connectivity index (χ4v) is 2.45. The van der Waals surface area contributed by atoms with Gasteiger partial charge in [0.2, 0.25) is 0 Å². The predicted octanol–water partition coefficient (Wildman–Crippen LogP) is 3.74. The molecule has 1 aromatic carbocycles. The highest BCUT2D eigenvalue weighted by Crippen LogP contribution is 2.21. The van der Waals surface area contributed by atoms with E-state index in [1.165, 1.54) is 6.20 Å². The van der Waals surface area contributed by atoms with E-state index in [2.05, 4.69) is 21.0 Å². The standard InChI is InChI=1S/C13H12BrClN2O/c1-2-17-13(11(15)8-16-17)12(18)7-9-5-3-4-6-10(9)14/h3-6,8H,2,7H2,1H3. The first-order valence-corrected chi connectivity index (χ1v) is 6.78. The van der Waals surface area contributed by atoms with E-state index < -0.39 is 0 Å². The fourth-order valence-electron chi connectivity index (χ4n) is 1.78. The van der Waals surface area contributed by atoms with Crippen LogP contribution in [0.3, 0.4) is 0 Å². The Bertz CT molecular complexity index is 580. The van der Waals surface area contributed by atoms with E-state index in [4.69, 9.17) is 11.6 Å². The summed E-state index contributed by atoms with van der Waals surface area (Å²) < 4.78 is 2.55. The first-order chi connectivity index (χ1) is 8.63. The number of carbonyl (C=O) groups is 1. The molecule has 0 aliphatic carbocycles. The lowest BCUT2D eigenvalue weighted by molar-refractivity contribution is 0.0982. The number of nitrogens with zero attached hydrogens (tertiary/aromatic N) is 2. The van der Waals surface area contributed by atoms with Gasteiger partial charge < -0.3 is 0 Å². The molecule has 0 amide bonds. The van der Waals surface area contributed by atoms with Gasteiger partial charge in [0.25, 0.3) is 0 Å². The summed E-state index contributed by atoms with van der Waals surface area (Å²) in [4.78, 5) is 12.3. The van der Waals surface area contributed by atoms with Gasteiger partial charge in [-0.25, -0.2) is 0 Å². The molecule has 0 atom stereocenters. The normalized spacial score (nSPS) is 10.6. The molecule has 3 nitrogen and oxygen atoms in total. The minimum Gasteiger partial charge on any atom is -0.292 e. The largest absolute Gasteiger partial charge is 0.292 e. The molecule has 1 heterocycles. The molecule has 5 heteroatoms. The molecule has 0 aliphatic rings. The molecule has 0 bridgehead atoms. The Balaban J connectivity index is 2.28. The number of benzene rings is 1. The van der Waals surface area contributed by atoms with Crippen LogP contribution in [0.25, 0.3) is 0 Å². The van der Waals surface area contributed by atoms with Crippen LogP contribution in [0.4, 0.5) is 0 Å². The molecule has 94 valence electrons. The summed E-state index contributed by atoms with van der Waals surface area (Å²) in [6.45, 7) is 2.56. The summed E-state index contributed by atoms with van der Waals surface area (Å²) >= 11 is 9.44. The molecule has 2 aromatic rings. The van der Waals surface area contributed by atoms with Gasteiger partial charge in [-0.3, -0.25) is 9.48 Å². The van der Waals surface area contributed by atoms with E-state index in [1.807, 2.05) is 31.2 Å². The minimum atomic E-state index is -0.0220. The van der Waals surface area contributed by atoms with Gasteiger partial charge in [-0.05, 0) is 18.6 Å². The number of hydrogen-bond donors (Lipinski definition) is 0. The van der Waals surface area contributed by atoms with E-state index in [-0.39, 0.29) is 5.78 Å². The van der Waals surface area contributed by atoms with E-state index >= 15 is 0 Å². The first-order valence-electron chi connectivity index (χ1n) is 5.61. The van der Waals surface area contributed by atoms with Crippen LogP contribution in [0.1, 0.15) is 23.0 Å². The average Bonchev–Trinajstić information content (AvgIpc) is 2.73. The first kappa shape index (κ1) is 13.3. The molecule has 0 aliphatic heterocycles. The third-order valence-corrected chi connectivity index (χ3v) is 3.72. The van der Waals surface area contributed by atoms with Gasteiger partial charge >= 0.3 is 0 Å². The Morgan fingerprint density at radius 3 is 2.83 bits per heavy atom. The van der Waals surface area contributed by atoms with Crippen molar-refractivity contribution >= 4 is 33.3 Å². The number of rotatable bonds is 4. The zero-order valence-electron chi connectivity index (χ0n) is 9.86. The molecule has 2 rings (SSSR count). The van der Waals surface area contributed by atoms with Crippen molar-refractivity contribution in [2.75, 3.05) is 0 Å². The van der Waals surface area contributed by atoms with Crippen LogP contribution >= 0.6 is 27.5 Å². The minimum absolute atomic E-state index is 0.0220. The number of ketones is 1. The average molecular weight is 328 g/mol. The van der Waals surface area contributed by atoms with Crippen molar-refractivity contribution in [2.24, 2.45) is 0 Å².